The molecule has 1 aromatic heterocycles. The van der Waals surface area contributed by atoms with Crippen LogP contribution >= 0.6 is 0 Å². The Bertz CT molecular complexity index is 601. The third kappa shape index (κ3) is 1.48. The lowest BCUT2D eigenvalue weighted by Gasteiger charge is -2.03. The zero-order chi connectivity index (χ0) is 11.0. The summed E-state index contributed by atoms with van der Waals surface area (Å²) in [7, 11) is 1.58. The number of fused-ring (bicyclic) bond motifs is 1. The van der Waals surface area contributed by atoms with Gasteiger partial charge in [0.25, 0.3) is 5.56 Å². The standard InChI is InChI=1S/C10H8N2O3/c1-12-8-4-6(10(14)15)2-3-7(8)11-5-9(12)13/h2-5H,1H3,(H,14,15). The fraction of sp³-hybridized carbons (Fsp3) is 0.100. The van der Waals surface area contributed by atoms with E-state index >= 15 is 0 Å². The molecule has 15 heavy (non-hydrogen) atoms. The minimum Gasteiger partial charge on any atom is -0.478 e. The molecule has 0 saturated carbocycles. The number of aromatic carboxylic acids is 1. The van der Waals surface area contributed by atoms with E-state index in [4.69, 9.17) is 5.11 Å². The van der Waals surface area contributed by atoms with Crippen LogP contribution in [-0.2, 0) is 7.05 Å². The van der Waals surface area contributed by atoms with E-state index < -0.39 is 5.97 Å². The Morgan fingerprint density at radius 3 is 2.87 bits per heavy atom. The third-order valence-electron chi connectivity index (χ3n) is 2.23. The molecule has 0 bridgehead atoms. The lowest BCUT2D eigenvalue weighted by molar-refractivity contribution is 0.0697. The van der Waals surface area contributed by atoms with Crippen molar-refractivity contribution in [2.45, 2.75) is 0 Å². The second kappa shape index (κ2) is 3.20. The van der Waals surface area contributed by atoms with Crippen LogP contribution in [0.15, 0.2) is 29.2 Å². The third-order valence-corrected chi connectivity index (χ3v) is 2.23. The van der Waals surface area contributed by atoms with E-state index in [1.807, 2.05) is 0 Å². The molecule has 0 amide bonds. The number of carboxylic acids is 1. The van der Waals surface area contributed by atoms with Gasteiger partial charge in [0, 0.05) is 7.05 Å². The number of aryl methyl sites for hydroxylation is 1. The highest BCUT2D eigenvalue weighted by Crippen LogP contribution is 2.11. The van der Waals surface area contributed by atoms with Crippen molar-refractivity contribution in [2.75, 3.05) is 0 Å². The van der Waals surface area contributed by atoms with Crippen molar-refractivity contribution in [3.05, 3.63) is 40.3 Å². The molecule has 0 aliphatic carbocycles. The summed E-state index contributed by atoms with van der Waals surface area (Å²) in [5, 5.41) is 8.80. The summed E-state index contributed by atoms with van der Waals surface area (Å²) < 4.78 is 1.37. The molecule has 0 spiro atoms. The summed E-state index contributed by atoms with van der Waals surface area (Å²) in [5.74, 6) is -1.02. The number of carboxylic acid groups (broad SMARTS) is 1. The Morgan fingerprint density at radius 1 is 1.47 bits per heavy atom. The normalized spacial score (nSPS) is 10.5. The number of carbonyl (C=O) groups is 1. The van der Waals surface area contributed by atoms with Gasteiger partial charge in [0.15, 0.2) is 0 Å². The van der Waals surface area contributed by atoms with E-state index in [1.165, 1.54) is 22.9 Å². The van der Waals surface area contributed by atoms with Crippen LogP contribution in [-0.4, -0.2) is 20.6 Å². The second-order valence-corrected chi connectivity index (χ2v) is 3.16. The van der Waals surface area contributed by atoms with Gasteiger partial charge >= 0.3 is 5.97 Å². The molecule has 1 aromatic carbocycles. The van der Waals surface area contributed by atoms with Crippen LogP contribution in [0, 0.1) is 0 Å². The smallest absolute Gasteiger partial charge is 0.335 e. The van der Waals surface area contributed by atoms with Crippen molar-refractivity contribution >= 4 is 17.0 Å². The fourth-order valence-corrected chi connectivity index (χ4v) is 1.36. The summed E-state index contributed by atoms with van der Waals surface area (Å²) in [5.41, 5.74) is 1.00. The average molecular weight is 204 g/mol. The van der Waals surface area contributed by atoms with Crippen molar-refractivity contribution in [1.29, 1.82) is 0 Å². The van der Waals surface area contributed by atoms with E-state index in [0.29, 0.717) is 11.0 Å². The lowest BCUT2D eigenvalue weighted by atomic mass is 10.2. The molecule has 76 valence electrons. The summed E-state index contributed by atoms with van der Waals surface area (Å²) in [6.07, 6.45) is 1.21. The SMILES string of the molecule is Cn1c(=O)cnc2ccc(C(=O)O)cc21. The first kappa shape index (κ1) is 9.39. The summed E-state index contributed by atoms with van der Waals surface area (Å²) in [4.78, 5) is 25.9. The number of benzene rings is 1. The van der Waals surface area contributed by atoms with E-state index in [1.54, 1.807) is 13.1 Å². The Labute approximate surface area is 84.6 Å². The molecule has 5 nitrogen and oxygen atoms in total. The van der Waals surface area contributed by atoms with Gasteiger partial charge < -0.3 is 9.67 Å². The van der Waals surface area contributed by atoms with Crippen molar-refractivity contribution in [2.24, 2.45) is 7.05 Å². The van der Waals surface area contributed by atoms with Gasteiger partial charge in [-0.2, -0.15) is 0 Å². The van der Waals surface area contributed by atoms with Crippen LogP contribution < -0.4 is 5.56 Å². The number of rotatable bonds is 1. The Kier molecular flexibility index (Phi) is 2.00. The number of hydrogen-bond acceptors (Lipinski definition) is 3. The minimum absolute atomic E-state index is 0.144. The fourth-order valence-electron chi connectivity index (χ4n) is 1.36. The molecule has 0 unspecified atom stereocenters. The molecule has 1 N–H and O–H groups in total. The van der Waals surface area contributed by atoms with Gasteiger partial charge in [0.1, 0.15) is 0 Å². The first-order valence-electron chi connectivity index (χ1n) is 4.28. The monoisotopic (exact) mass is 204 g/mol. The van der Waals surface area contributed by atoms with Crippen LogP contribution in [0.3, 0.4) is 0 Å². The molecule has 1 heterocycles. The van der Waals surface area contributed by atoms with E-state index in [0.717, 1.165) is 0 Å². The summed E-state index contributed by atoms with van der Waals surface area (Å²) >= 11 is 0. The predicted molar refractivity (Wildman–Crippen MR) is 53.9 cm³/mol. The van der Waals surface area contributed by atoms with Gasteiger partial charge in [0.2, 0.25) is 0 Å². The number of nitrogens with zero attached hydrogens (tertiary/aromatic N) is 2. The highest BCUT2D eigenvalue weighted by atomic mass is 16.4. The quantitative estimate of drug-likeness (QED) is 0.739. The van der Waals surface area contributed by atoms with E-state index in [9.17, 15) is 9.59 Å². The molecule has 0 saturated heterocycles. The van der Waals surface area contributed by atoms with Crippen LogP contribution in [0.1, 0.15) is 10.4 Å². The van der Waals surface area contributed by atoms with Crippen LogP contribution in [0.2, 0.25) is 0 Å². The molecule has 0 aliphatic rings. The van der Waals surface area contributed by atoms with Crippen LogP contribution in [0.4, 0.5) is 0 Å². The second-order valence-electron chi connectivity index (χ2n) is 3.16. The Morgan fingerprint density at radius 2 is 2.20 bits per heavy atom. The van der Waals surface area contributed by atoms with Crippen molar-refractivity contribution in [3.63, 3.8) is 0 Å². The Hall–Kier alpha value is -2.17. The predicted octanol–water partition coefficient (Wildman–Crippen LogP) is 0.632. The van der Waals surface area contributed by atoms with Crippen LogP contribution in [0.5, 0.6) is 0 Å². The first-order valence-corrected chi connectivity index (χ1v) is 4.28. The maximum atomic E-state index is 11.3. The maximum Gasteiger partial charge on any atom is 0.335 e. The highest BCUT2D eigenvalue weighted by molar-refractivity contribution is 5.92. The van der Waals surface area contributed by atoms with E-state index in [2.05, 4.69) is 4.98 Å². The van der Waals surface area contributed by atoms with Gasteiger partial charge in [-0.25, -0.2) is 9.78 Å². The molecule has 0 fully saturated rings. The molecule has 0 atom stereocenters. The molecular formula is C10H8N2O3. The lowest BCUT2D eigenvalue weighted by Crippen LogP contribution is -2.16. The summed E-state index contributed by atoms with van der Waals surface area (Å²) in [6.45, 7) is 0. The molecule has 5 heteroatoms. The summed E-state index contributed by atoms with van der Waals surface area (Å²) in [6, 6.07) is 4.48. The molecular weight excluding hydrogens is 196 g/mol. The van der Waals surface area contributed by atoms with E-state index in [-0.39, 0.29) is 11.1 Å². The van der Waals surface area contributed by atoms with Crippen LogP contribution in [0.25, 0.3) is 11.0 Å². The molecule has 2 aromatic rings. The molecule has 0 aliphatic heterocycles. The zero-order valence-electron chi connectivity index (χ0n) is 7.97. The largest absolute Gasteiger partial charge is 0.478 e. The highest BCUT2D eigenvalue weighted by Gasteiger charge is 2.06. The Balaban J connectivity index is 2.85. The maximum absolute atomic E-state index is 11.3. The zero-order valence-corrected chi connectivity index (χ0v) is 7.97. The van der Waals surface area contributed by atoms with Gasteiger partial charge in [-0.1, -0.05) is 0 Å². The van der Waals surface area contributed by atoms with Gasteiger partial charge in [-0.05, 0) is 18.2 Å². The van der Waals surface area contributed by atoms with Crippen molar-refractivity contribution < 1.29 is 9.90 Å². The minimum atomic E-state index is -1.02. The number of aromatic nitrogens is 2. The topological polar surface area (TPSA) is 72.2 Å². The molecule has 0 radical (unpaired) electrons. The van der Waals surface area contributed by atoms with Crippen molar-refractivity contribution in [3.8, 4) is 0 Å². The first-order chi connectivity index (χ1) is 7.09. The molecule has 2 rings (SSSR count). The number of hydrogen-bond donors (Lipinski definition) is 1. The van der Waals surface area contributed by atoms with Gasteiger partial charge in [-0.3, -0.25) is 4.79 Å². The van der Waals surface area contributed by atoms with Gasteiger partial charge in [0.05, 0.1) is 22.8 Å². The van der Waals surface area contributed by atoms with Crippen molar-refractivity contribution in [1.82, 2.24) is 9.55 Å². The van der Waals surface area contributed by atoms with Gasteiger partial charge in [-0.15, -0.1) is 0 Å². The average Bonchev–Trinajstić information content (AvgIpc) is 2.23.